The highest BCUT2D eigenvalue weighted by Crippen LogP contribution is 2.16. The van der Waals surface area contributed by atoms with Crippen LogP contribution in [0.2, 0.25) is 0 Å². The second kappa shape index (κ2) is 10.3. The van der Waals surface area contributed by atoms with Crippen molar-refractivity contribution in [3.63, 3.8) is 0 Å². The molecule has 7 nitrogen and oxygen atoms in total. The lowest BCUT2D eigenvalue weighted by molar-refractivity contribution is -0.142. The molecule has 1 amide bonds. The van der Waals surface area contributed by atoms with Crippen molar-refractivity contribution in [2.24, 2.45) is 10.9 Å². The van der Waals surface area contributed by atoms with E-state index in [9.17, 15) is 4.79 Å². The fourth-order valence-corrected chi connectivity index (χ4v) is 4.44. The van der Waals surface area contributed by atoms with Crippen molar-refractivity contribution in [2.45, 2.75) is 45.1 Å². The van der Waals surface area contributed by atoms with E-state index in [4.69, 9.17) is 4.74 Å². The van der Waals surface area contributed by atoms with Gasteiger partial charge in [0.25, 0.3) is 5.91 Å². The number of piperidine rings is 1. The third-order valence-electron chi connectivity index (χ3n) is 5.98. The van der Waals surface area contributed by atoms with Gasteiger partial charge in [-0.3, -0.25) is 9.79 Å². The summed E-state index contributed by atoms with van der Waals surface area (Å²) < 4.78 is 5.54. The van der Waals surface area contributed by atoms with Crippen LogP contribution in [-0.2, 0) is 9.53 Å². The summed E-state index contributed by atoms with van der Waals surface area (Å²) in [5, 5.41) is 3.51. The van der Waals surface area contributed by atoms with E-state index in [0.29, 0.717) is 0 Å². The molecule has 2 atom stereocenters. The zero-order valence-corrected chi connectivity index (χ0v) is 17.2. The number of hydrogen-bond acceptors (Lipinski definition) is 4. The zero-order valence-electron chi connectivity index (χ0n) is 17.2. The van der Waals surface area contributed by atoms with Crippen molar-refractivity contribution in [1.29, 1.82) is 0 Å². The van der Waals surface area contributed by atoms with E-state index >= 15 is 0 Å². The van der Waals surface area contributed by atoms with Crippen molar-refractivity contribution >= 4 is 11.9 Å². The lowest BCUT2D eigenvalue weighted by atomic mass is 10.0. The molecule has 3 saturated heterocycles. The number of likely N-dealkylation sites (tertiary alicyclic amines) is 1. The molecule has 0 saturated carbocycles. The Kier molecular flexibility index (Phi) is 7.76. The number of guanidine groups is 1. The standard InChI is InChI=1S/C20H37N5O2/c1-17-6-3-9-23(16-17)10-5-8-22-20(21-2)25-13-11-24(12-14-25)19(26)18-7-4-15-27-18/h17-18H,3-16H2,1-2H3,(H,21,22). The Balaban J connectivity index is 1.34. The molecule has 0 aromatic heterocycles. The van der Waals surface area contributed by atoms with Crippen LogP contribution in [0.25, 0.3) is 0 Å². The Morgan fingerprint density at radius 2 is 1.89 bits per heavy atom. The van der Waals surface area contributed by atoms with Crippen LogP contribution in [0.3, 0.4) is 0 Å². The molecule has 0 aliphatic carbocycles. The first-order valence-corrected chi connectivity index (χ1v) is 10.8. The number of nitrogens with zero attached hydrogens (tertiary/aromatic N) is 4. The molecule has 2 unspecified atom stereocenters. The molecule has 0 bridgehead atoms. The van der Waals surface area contributed by atoms with Crippen LogP contribution in [0.15, 0.2) is 4.99 Å². The summed E-state index contributed by atoms with van der Waals surface area (Å²) in [6, 6.07) is 0. The van der Waals surface area contributed by atoms with E-state index < -0.39 is 0 Å². The molecule has 0 spiro atoms. The highest BCUT2D eigenvalue weighted by molar-refractivity contribution is 5.82. The molecule has 27 heavy (non-hydrogen) atoms. The number of nitrogens with one attached hydrogen (secondary N) is 1. The second-order valence-electron chi connectivity index (χ2n) is 8.19. The normalized spacial score (nSPS) is 27.9. The van der Waals surface area contributed by atoms with Gasteiger partial charge in [-0.1, -0.05) is 6.92 Å². The molecule has 0 aromatic rings. The molecular formula is C20H37N5O2. The number of carbonyl (C=O) groups is 1. The molecule has 0 radical (unpaired) electrons. The fraction of sp³-hybridized carbons (Fsp3) is 0.900. The summed E-state index contributed by atoms with van der Waals surface area (Å²) in [6.07, 6.45) is 5.53. The van der Waals surface area contributed by atoms with Crippen LogP contribution >= 0.6 is 0 Å². The molecule has 0 aromatic carbocycles. The lowest BCUT2D eigenvalue weighted by Gasteiger charge is -2.37. The van der Waals surface area contributed by atoms with Gasteiger partial charge in [0.2, 0.25) is 0 Å². The number of carbonyl (C=O) groups excluding carboxylic acids is 1. The number of hydrogen-bond donors (Lipinski definition) is 1. The van der Waals surface area contributed by atoms with Crippen molar-refractivity contribution in [3.05, 3.63) is 0 Å². The zero-order chi connectivity index (χ0) is 19.1. The SMILES string of the molecule is CN=C(NCCCN1CCCC(C)C1)N1CCN(C(=O)C2CCCO2)CC1. The Hall–Kier alpha value is -1.34. The van der Waals surface area contributed by atoms with Crippen LogP contribution < -0.4 is 5.32 Å². The predicted octanol–water partition coefficient (Wildman–Crippen LogP) is 1.01. The third-order valence-corrected chi connectivity index (χ3v) is 5.98. The van der Waals surface area contributed by atoms with Crippen LogP contribution in [0.4, 0.5) is 0 Å². The number of ether oxygens (including phenoxy) is 1. The first-order valence-electron chi connectivity index (χ1n) is 10.8. The lowest BCUT2D eigenvalue weighted by Crippen LogP contribution is -2.55. The minimum Gasteiger partial charge on any atom is -0.368 e. The second-order valence-corrected chi connectivity index (χ2v) is 8.19. The van der Waals surface area contributed by atoms with Gasteiger partial charge in [-0.15, -0.1) is 0 Å². The molecule has 3 rings (SSSR count). The van der Waals surface area contributed by atoms with Gasteiger partial charge < -0.3 is 24.8 Å². The quantitative estimate of drug-likeness (QED) is 0.439. The molecule has 154 valence electrons. The largest absolute Gasteiger partial charge is 0.368 e. The minimum atomic E-state index is -0.202. The summed E-state index contributed by atoms with van der Waals surface area (Å²) in [5.41, 5.74) is 0. The van der Waals surface area contributed by atoms with Crippen molar-refractivity contribution in [3.8, 4) is 0 Å². The molecule has 3 aliphatic heterocycles. The first kappa shape index (κ1) is 20.4. The molecular weight excluding hydrogens is 342 g/mol. The summed E-state index contributed by atoms with van der Waals surface area (Å²) in [5.74, 6) is 1.98. The van der Waals surface area contributed by atoms with E-state index in [-0.39, 0.29) is 12.0 Å². The molecule has 3 fully saturated rings. The van der Waals surface area contributed by atoms with Gasteiger partial charge in [-0.25, -0.2) is 0 Å². The Morgan fingerprint density at radius 1 is 1.11 bits per heavy atom. The topological polar surface area (TPSA) is 60.4 Å². The van der Waals surface area contributed by atoms with Gasteiger partial charge in [0.15, 0.2) is 5.96 Å². The molecule has 3 aliphatic rings. The van der Waals surface area contributed by atoms with E-state index in [1.807, 2.05) is 11.9 Å². The highest BCUT2D eigenvalue weighted by Gasteiger charge is 2.30. The smallest absolute Gasteiger partial charge is 0.251 e. The molecule has 3 heterocycles. The van der Waals surface area contributed by atoms with Crippen molar-refractivity contribution in [2.75, 3.05) is 66.0 Å². The number of aliphatic imine (C=N–C) groups is 1. The fourth-order valence-electron chi connectivity index (χ4n) is 4.44. The van der Waals surface area contributed by atoms with Gasteiger partial charge >= 0.3 is 0 Å². The van der Waals surface area contributed by atoms with Crippen LogP contribution in [0.1, 0.15) is 39.0 Å². The third kappa shape index (κ3) is 5.82. The monoisotopic (exact) mass is 379 g/mol. The average molecular weight is 380 g/mol. The Labute approximate surface area is 164 Å². The number of rotatable bonds is 5. The summed E-state index contributed by atoms with van der Waals surface area (Å²) in [7, 11) is 1.85. The minimum absolute atomic E-state index is 0.172. The van der Waals surface area contributed by atoms with Gasteiger partial charge in [-0.2, -0.15) is 0 Å². The summed E-state index contributed by atoms with van der Waals surface area (Å²) in [4.78, 5) is 23.7. The first-order chi connectivity index (χ1) is 13.2. The Bertz CT molecular complexity index is 499. The maximum atomic E-state index is 12.5. The summed E-state index contributed by atoms with van der Waals surface area (Å²) in [6.45, 7) is 10.9. The van der Waals surface area contributed by atoms with E-state index in [0.717, 1.165) is 77.0 Å². The van der Waals surface area contributed by atoms with Crippen LogP contribution in [-0.4, -0.2) is 98.7 Å². The van der Waals surface area contributed by atoms with Crippen molar-refractivity contribution < 1.29 is 9.53 Å². The maximum Gasteiger partial charge on any atom is 0.251 e. The molecule has 7 heteroatoms. The predicted molar refractivity (Wildman–Crippen MR) is 108 cm³/mol. The van der Waals surface area contributed by atoms with Crippen LogP contribution in [0.5, 0.6) is 0 Å². The van der Waals surface area contributed by atoms with E-state index in [2.05, 4.69) is 27.0 Å². The summed E-state index contributed by atoms with van der Waals surface area (Å²) >= 11 is 0. The number of piperazine rings is 1. The van der Waals surface area contributed by atoms with Gasteiger partial charge in [0, 0.05) is 52.9 Å². The molecule has 1 N–H and O–H groups in total. The van der Waals surface area contributed by atoms with Gasteiger partial charge in [0.05, 0.1) is 0 Å². The van der Waals surface area contributed by atoms with Gasteiger partial charge in [-0.05, 0) is 51.1 Å². The van der Waals surface area contributed by atoms with E-state index in [1.54, 1.807) is 0 Å². The van der Waals surface area contributed by atoms with Gasteiger partial charge in [0.1, 0.15) is 6.10 Å². The average Bonchev–Trinajstić information content (AvgIpc) is 3.23. The highest BCUT2D eigenvalue weighted by atomic mass is 16.5. The maximum absolute atomic E-state index is 12.5. The van der Waals surface area contributed by atoms with Crippen LogP contribution in [0, 0.1) is 5.92 Å². The Morgan fingerprint density at radius 3 is 2.56 bits per heavy atom. The van der Waals surface area contributed by atoms with E-state index in [1.165, 1.54) is 25.9 Å². The van der Waals surface area contributed by atoms with Crippen molar-refractivity contribution in [1.82, 2.24) is 20.0 Å². The number of amides is 1.